The molecule has 1 spiro atoms. The number of benzene rings is 3. The first-order valence-corrected chi connectivity index (χ1v) is 20.9. The molecular formula is C47H58N6O4. The average molecular weight is 771 g/mol. The van der Waals surface area contributed by atoms with Crippen molar-refractivity contribution >= 4 is 22.7 Å². The van der Waals surface area contributed by atoms with Gasteiger partial charge in [0.05, 0.1) is 11.1 Å². The zero-order chi connectivity index (χ0) is 39.4. The van der Waals surface area contributed by atoms with Crippen molar-refractivity contribution in [3.8, 4) is 23.0 Å². The van der Waals surface area contributed by atoms with Crippen molar-refractivity contribution < 1.29 is 19.0 Å². The molecule has 8 rings (SSSR count). The number of fused-ring (bicyclic) bond motifs is 1. The van der Waals surface area contributed by atoms with E-state index in [0.29, 0.717) is 30.4 Å². The fraction of sp³-hybridized carbons (Fsp3) is 0.468. The van der Waals surface area contributed by atoms with E-state index >= 15 is 0 Å². The van der Waals surface area contributed by atoms with E-state index in [1.165, 1.54) is 51.0 Å². The summed E-state index contributed by atoms with van der Waals surface area (Å²) < 4.78 is 20.1. The maximum Gasteiger partial charge on any atom is 0.410 e. The Morgan fingerprint density at radius 2 is 1.40 bits per heavy atom. The third-order valence-corrected chi connectivity index (χ3v) is 12.3. The summed E-state index contributed by atoms with van der Waals surface area (Å²) in [5.41, 5.74) is 6.11. The van der Waals surface area contributed by atoms with E-state index in [9.17, 15) is 4.79 Å². The number of carbonyl (C=O) groups excluding carboxylic acids is 1. The van der Waals surface area contributed by atoms with Gasteiger partial charge in [0.1, 0.15) is 24.5 Å². The zero-order valence-corrected chi connectivity index (χ0v) is 34.2. The second-order valence-corrected chi connectivity index (χ2v) is 17.4. The van der Waals surface area contributed by atoms with Crippen molar-refractivity contribution in [1.82, 2.24) is 24.6 Å². The number of hydrogen-bond acceptors (Lipinski definition) is 8. The summed E-state index contributed by atoms with van der Waals surface area (Å²) in [6.07, 6.45) is 6.91. The minimum Gasteiger partial charge on any atom is -0.473 e. The van der Waals surface area contributed by atoms with Gasteiger partial charge in [-0.15, -0.1) is 0 Å². The minimum absolute atomic E-state index is 0.158. The number of anilines is 1. The maximum absolute atomic E-state index is 12.6. The van der Waals surface area contributed by atoms with Gasteiger partial charge in [0.25, 0.3) is 0 Å². The Balaban J connectivity index is 0.882. The molecule has 3 aliphatic heterocycles. The lowest BCUT2D eigenvalue weighted by atomic mass is 9.71. The summed E-state index contributed by atoms with van der Waals surface area (Å²) in [4.78, 5) is 24.6. The van der Waals surface area contributed by atoms with E-state index in [-0.39, 0.29) is 6.09 Å². The number of likely N-dealkylation sites (tertiary alicyclic amines) is 2. The lowest BCUT2D eigenvalue weighted by molar-refractivity contribution is -0.00397. The third kappa shape index (κ3) is 9.39. The van der Waals surface area contributed by atoms with E-state index in [0.717, 1.165) is 78.2 Å². The molecular weight excluding hydrogens is 713 g/mol. The Morgan fingerprint density at radius 3 is 2.05 bits per heavy atom. The molecule has 5 heterocycles. The van der Waals surface area contributed by atoms with Gasteiger partial charge in [-0.1, -0.05) is 60.7 Å². The Bertz CT molecular complexity index is 2100. The molecule has 5 aromatic rings. The van der Waals surface area contributed by atoms with Crippen LogP contribution < -0.4 is 14.4 Å². The lowest BCUT2D eigenvalue weighted by Crippen LogP contribution is -2.50. The predicted octanol–water partition coefficient (Wildman–Crippen LogP) is 9.12. The summed E-state index contributed by atoms with van der Waals surface area (Å²) >= 11 is 0. The average Bonchev–Trinajstić information content (AvgIpc) is 3.55. The van der Waals surface area contributed by atoms with Crippen LogP contribution in [0.2, 0.25) is 0 Å². The van der Waals surface area contributed by atoms with Crippen LogP contribution in [0.4, 0.5) is 10.5 Å². The molecule has 57 heavy (non-hydrogen) atoms. The normalized spacial score (nSPS) is 17.9. The number of aromatic nitrogens is 3. The molecule has 300 valence electrons. The second-order valence-electron chi connectivity index (χ2n) is 17.4. The number of nitrogens with zero attached hydrogens (tertiary/aromatic N) is 6. The highest BCUT2D eigenvalue weighted by atomic mass is 16.6. The first-order valence-electron chi connectivity index (χ1n) is 20.9. The fourth-order valence-corrected chi connectivity index (χ4v) is 8.83. The van der Waals surface area contributed by atoms with Gasteiger partial charge in [-0.2, -0.15) is 10.1 Å². The van der Waals surface area contributed by atoms with Crippen LogP contribution in [0.5, 0.6) is 11.8 Å². The van der Waals surface area contributed by atoms with E-state index in [4.69, 9.17) is 24.3 Å². The van der Waals surface area contributed by atoms with Crippen molar-refractivity contribution in [3.05, 3.63) is 102 Å². The molecule has 0 aliphatic carbocycles. The Labute approximate surface area is 337 Å². The van der Waals surface area contributed by atoms with Gasteiger partial charge < -0.3 is 28.9 Å². The van der Waals surface area contributed by atoms with Gasteiger partial charge >= 0.3 is 6.09 Å². The highest BCUT2D eigenvalue weighted by Crippen LogP contribution is 2.42. The van der Waals surface area contributed by atoms with Crippen molar-refractivity contribution in [1.29, 1.82) is 0 Å². The predicted molar refractivity (Wildman–Crippen MR) is 226 cm³/mol. The number of hydrogen-bond donors (Lipinski definition) is 0. The Kier molecular flexibility index (Phi) is 11.4. The van der Waals surface area contributed by atoms with E-state index in [1.807, 2.05) is 98.1 Å². The second kappa shape index (κ2) is 16.8. The summed E-state index contributed by atoms with van der Waals surface area (Å²) in [6.45, 7) is 13.9. The summed E-state index contributed by atoms with van der Waals surface area (Å²) in [5.74, 6) is 1.74. The number of carbonyl (C=O) groups is 1. The van der Waals surface area contributed by atoms with Crippen LogP contribution >= 0.6 is 0 Å². The van der Waals surface area contributed by atoms with E-state index < -0.39 is 5.60 Å². The van der Waals surface area contributed by atoms with Gasteiger partial charge in [0, 0.05) is 56.9 Å². The monoisotopic (exact) mass is 770 g/mol. The summed E-state index contributed by atoms with van der Waals surface area (Å²) in [5, 5.41) is 6.10. The molecule has 0 unspecified atom stereocenters. The Morgan fingerprint density at radius 1 is 0.772 bits per heavy atom. The van der Waals surface area contributed by atoms with Crippen LogP contribution in [0, 0.1) is 11.3 Å². The maximum atomic E-state index is 12.6. The van der Waals surface area contributed by atoms with Crippen LogP contribution in [-0.4, -0.2) is 82.1 Å². The molecule has 0 atom stereocenters. The third-order valence-electron chi connectivity index (χ3n) is 12.3. The number of aryl methyl sites for hydroxylation is 1. The number of pyridine rings is 1. The van der Waals surface area contributed by atoms with E-state index in [2.05, 4.69) is 40.1 Å². The highest BCUT2D eigenvalue weighted by Gasteiger charge is 2.40. The van der Waals surface area contributed by atoms with Crippen molar-refractivity contribution in [2.45, 2.75) is 78.1 Å². The highest BCUT2D eigenvalue weighted by molar-refractivity contribution is 5.96. The first-order chi connectivity index (χ1) is 27.6. The largest absolute Gasteiger partial charge is 0.473 e. The molecule has 0 bridgehead atoms. The number of piperidine rings is 3. The van der Waals surface area contributed by atoms with Gasteiger partial charge in [0.15, 0.2) is 0 Å². The SMILES string of the molecule is Cn1nc(-c2ccc(OCc3ccccc3)nc2OCc2ccccc2)c2ccc(N3CCC(CN4CCC5(CC4)CCN(C(=O)OC(C)(C)C)CC5)CC3)cc21. The molecule has 0 N–H and O–H groups in total. The van der Waals surface area contributed by atoms with Crippen molar-refractivity contribution in [2.24, 2.45) is 18.4 Å². The van der Waals surface area contributed by atoms with Crippen molar-refractivity contribution in [3.63, 3.8) is 0 Å². The lowest BCUT2D eigenvalue weighted by Gasteiger charge is -2.47. The molecule has 3 saturated heterocycles. The number of rotatable bonds is 10. The van der Waals surface area contributed by atoms with Crippen molar-refractivity contribution in [2.75, 3.05) is 50.7 Å². The topological polar surface area (TPSA) is 85.2 Å². The Hall–Kier alpha value is -5.09. The number of ether oxygens (including phenoxy) is 3. The van der Waals surface area contributed by atoms with Gasteiger partial charge in [-0.05, 0) is 119 Å². The summed E-state index contributed by atoms with van der Waals surface area (Å²) in [6, 6.07) is 30.9. The minimum atomic E-state index is -0.444. The van der Waals surface area contributed by atoms with Crippen LogP contribution in [0.1, 0.15) is 70.4 Å². The molecule has 10 nitrogen and oxygen atoms in total. The molecule has 0 saturated carbocycles. The van der Waals surface area contributed by atoms with Gasteiger partial charge in [-0.3, -0.25) is 4.68 Å². The zero-order valence-electron chi connectivity index (χ0n) is 34.2. The molecule has 1 amide bonds. The van der Waals surface area contributed by atoms with Crippen LogP contribution in [0.3, 0.4) is 0 Å². The smallest absolute Gasteiger partial charge is 0.410 e. The molecule has 3 aliphatic rings. The standard InChI is InChI=1S/C47H58N6O4/c1-46(2,3)57-45(54)53-29-23-47(24-30-53)21-27-51(28-22-47)32-35-19-25-52(26-20-35)38-15-16-39-41(31-38)50(4)49-43(39)40-17-18-42(55-33-36-11-7-5-8-12-36)48-44(40)56-34-37-13-9-6-10-14-37/h5-18,31,35H,19-30,32-34H2,1-4H3. The quantitative estimate of drug-likeness (QED) is 0.139. The first kappa shape index (κ1) is 38.8. The van der Waals surface area contributed by atoms with E-state index in [1.54, 1.807) is 0 Å². The van der Waals surface area contributed by atoms with Gasteiger partial charge in [0.2, 0.25) is 11.8 Å². The van der Waals surface area contributed by atoms with Crippen LogP contribution in [-0.2, 0) is 25.0 Å². The molecule has 2 aromatic heterocycles. The molecule has 3 aromatic carbocycles. The molecule has 10 heteroatoms. The van der Waals surface area contributed by atoms with Crippen LogP contribution in [0.25, 0.3) is 22.2 Å². The fourth-order valence-electron chi connectivity index (χ4n) is 8.83. The molecule has 0 radical (unpaired) electrons. The summed E-state index contributed by atoms with van der Waals surface area (Å²) in [7, 11) is 2.02. The van der Waals surface area contributed by atoms with Gasteiger partial charge in [-0.25, -0.2) is 4.79 Å². The van der Waals surface area contributed by atoms with Crippen LogP contribution in [0.15, 0.2) is 91.0 Å². The number of amides is 1. The molecule has 3 fully saturated rings.